The van der Waals surface area contributed by atoms with E-state index < -0.39 is 0 Å². The Kier molecular flexibility index (Phi) is 7.44. The molecule has 3 aliphatic carbocycles. The van der Waals surface area contributed by atoms with E-state index >= 15 is 0 Å². The quantitative estimate of drug-likeness (QED) is 0.555. The third kappa shape index (κ3) is 4.97. The fourth-order valence-electron chi connectivity index (χ4n) is 5.90. The Bertz CT molecular complexity index is 820. The number of ether oxygens (including phenoxy) is 2. The summed E-state index contributed by atoms with van der Waals surface area (Å²) in [7, 11) is 0. The first kappa shape index (κ1) is 24.2. The number of carbonyl (C=O) groups is 1. The van der Waals surface area contributed by atoms with Crippen molar-refractivity contribution in [3.05, 3.63) is 41.7 Å². The van der Waals surface area contributed by atoms with Gasteiger partial charge in [-0.2, -0.15) is 0 Å². The molecule has 0 radical (unpaired) electrons. The molecule has 4 aliphatic rings. The lowest BCUT2D eigenvalue weighted by atomic mass is 9.51. The van der Waals surface area contributed by atoms with Gasteiger partial charge in [0.25, 0.3) is 0 Å². The van der Waals surface area contributed by atoms with Gasteiger partial charge in [-0.15, -0.1) is 0 Å². The lowest BCUT2D eigenvalue weighted by molar-refractivity contribution is -0.139. The van der Waals surface area contributed by atoms with Crippen LogP contribution >= 0.6 is 0 Å². The van der Waals surface area contributed by atoms with Crippen LogP contribution in [0.3, 0.4) is 0 Å². The number of amides is 1. The van der Waals surface area contributed by atoms with E-state index in [0.717, 1.165) is 57.1 Å². The fraction of sp³-hybridized carbons (Fsp3) is 0.667. The second kappa shape index (κ2) is 10.1. The monoisotopic (exact) mass is 459 g/mol. The minimum Gasteiger partial charge on any atom is -0.489 e. The van der Waals surface area contributed by atoms with Crippen molar-refractivity contribution in [3.63, 3.8) is 0 Å². The largest absolute Gasteiger partial charge is 0.489 e. The van der Waals surface area contributed by atoms with Crippen LogP contribution in [0.2, 0.25) is 0 Å². The molecule has 0 atom stereocenters. The number of aliphatic hydroxyl groups excluding tert-OH is 1. The van der Waals surface area contributed by atoms with Crippen LogP contribution in [0.25, 0.3) is 0 Å². The predicted molar refractivity (Wildman–Crippen MR) is 126 cm³/mol. The van der Waals surface area contributed by atoms with Crippen molar-refractivity contribution in [2.75, 3.05) is 33.0 Å². The zero-order valence-electron chi connectivity index (χ0n) is 19.8. The molecule has 1 amide bonds. The number of nitrogens with one attached hydrogen (secondary N) is 1. The summed E-state index contributed by atoms with van der Waals surface area (Å²) in [6.45, 7) is 4.13. The molecule has 3 saturated carbocycles. The van der Waals surface area contributed by atoms with E-state index in [2.05, 4.69) is 17.4 Å². The number of aliphatic hydroxyl groups is 1. The van der Waals surface area contributed by atoms with Crippen molar-refractivity contribution in [2.45, 2.75) is 70.1 Å². The molecule has 33 heavy (non-hydrogen) atoms. The van der Waals surface area contributed by atoms with Crippen LogP contribution in [0.15, 0.2) is 36.2 Å². The number of hydrogen-bond donors (Lipinski definition) is 2. The Balaban J connectivity index is 1.34. The van der Waals surface area contributed by atoms with E-state index in [1.165, 1.54) is 5.56 Å². The molecule has 182 valence electrons. The van der Waals surface area contributed by atoms with Gasteiger partial charge in [-0.05, 0) is 86.5 Å². The fourth-order valence-corrected chi connectivity index (χ4v) is 5.90. The first-order valence-corrected chi connectivity index (χ1v) is 12.5. The zero-order valence-corrected chi connectivity index (χ0v) is 19.8. The third-order valence-electron chi connectivity index (χ3n) is 8.74. The molecule has 0 aromatic heterocycles. The zero-order chi connectivity index (χ0) is 23.4. The standard InChI is InChI=1S/C27H38FNO4/c1-2-21(17-28)18-33-23-5-3-22(4-6-23)26-7-10-27(11-8-26,12-9-26)24(31)29-19-25(20-30)13-15-32-16-14-25/h3-6,17,30H,2,7-16,18-20H2,1H3,(H,29,31)/b21-17+. The summed E-state index contributed by atoms with van der Waals surface area (Å²) in [6.07, 6.45) is 8.65. The molecule has 5 nitrogen and oxygen atoms in total. The molecule has 1 saturated heterocycles. The smallest absolute Gasteiger partial charge is 0.226 e. The highest BCUT2D eigenvalue weighted by Crippen LogP contribution is 2.58. The molecular weight excluding hydrogens is 421 g/mol. The van der Waals surface area contributed by atoms with Crippen LogP contribution in [-0.4, -0.2) is 44.0 Å². The average molecular weight is 460 g/mol. The maximum absolute atomic E-state index is 13.3. The van der Waals surface area contributed by atoms with Gasteiger partial charge in [0.2, 0.25) is 5.91 Å². The normalized spacial score (nSPS) is 29.0. The maximum atomic E-state index is 13.3. The van der Waals surface area contributed by atoms with Crippen molar-refractivity contribution < 1.29 is 23.8 Å². The van der Waals surface area contributed by atoms with E-state index in [9.17, 15) is 14.3 Å². The van der Waals surface area contributed by atoms with Gasteiger partial charge < -0.3 is 19.9 Å². The van der Waals surface area contributed by atoms with Gasteiger partial charge in [-0.1, -0.05) is 19.1 Å². The van der Waals surface area contributed by atoms with Crippen LogP contribution in [0.1, 0.15) is 70.3 Å². The topological polar surface area (TPSA) is 67.8 Å². The number of fused-ring (bicyclic) bond motifs is 3. The summed E-state index contributed by atoms with van der Waals surface area (Å²) >= 11 is 0. The number of carbonyl (C=O) groups excluding carboxylic acids is 1. The summed E-state index contributed by atoms with van der Waals surface area (Å²) in [5.41, 5.74) is 1.61. The molecule has 0 spiro atoms. The summed E-state index contributed by atoms with van der Waals surface area (Å²) in [6, 6.07) is 8.27. The molecule has 1 aliphatic heterocycles. The molecule has 1 heterocycles. The third-order valence-corrected chi connectivity index (χ3v) is 8.74. The number of hydrogen-bond acceptors (Lipinski definition) is 4. The van der Waals surface area contributed by atoms with Crippen LogP contribution in [-0.2, 0) is 14.9 Å². The van der Waals surface area contributed by atoms with Crippen molar-refractivity contribution in [1.29, 1.82) is 0 Å². The Labute approximate surface area is 196 Å². The minimum atomic E-state index is -0.262. The van der Waals surface area contributed by atoms with E-state index in [0.29, 0.717) is 38.1 Å². The number of benzene rings is 1. The summed E-state index contributed by atoms with van der Waals surface area (Å²) in [4.78, 5) is 13.3. The van der Waals surface area contributed by atoms with Crippen LogP contribution < -0.4 is 10.1 Å². The maximum Gasteiger partial charge on any atom is 0.226 e. The van der Waals surface area contributed by atoms with Gasteiger partial charge >= 0.3 is 0 Å². The van der Waals surface area contributed by atoms with Crippen LogP contribution in [0.4, 0.5) is 4.39 Å². The molecule has 6 heteroatoms. The van der Waals surface area contributed by atoms with Gasteiger partial charge in [0, 0.05) is 30.6 Å². The highest BCUT2D eigenvalue weighted by Gasteiger charge is 2.53. The molecule has 1 aromatic rings. The molecular formula is C27H38FNO4. The highest BCUT2D eigenvalue weighted by molar-refractivity contribution is 5.83. The number of rotatable bonds is 9. The summed E-state index contributed by atoms with van der Waals surface area (Å²) in [5.74, 6) is 0.931. The Hall–Kier alpha value is -1.92. The van der Waals surface area contributed by atoms with E-state index in [1.807, 2.05) is 19.1 Å². The van der Waals surface area contributed by atoms with Crippen molar-refractivity contribution in [3.8, 4) is 5.75 Å². The second-order valence-corrected chi connectivity index (χ2v) is 10.4. The molecule has 0 unspecified atom stereocenters. The molecule has 1 aromatic carbocycles. The highest BCUT2D eigenvalue weighted by atomic mass is 19.1. The van der Waals surface area contributed by atoms with Crippen molar-refractivity contribution in [2.24, 2.45) is 10.8 Å². The Morgan fingerprint density at radius 2 is 1.73 bits per heavy atom. The van der Waals surface area contributed by atoms with E-state index in [-0.39, 0.29) is 35.4 Å². The Morgan fingerprint density at radius 1 is 1.09 bits per heavy atom. The van der Waals surface area contributed by atoms with Gasteiger partial charge in [0.05, 0.1) is 12.9 Å². The van der Waals surface area contributed by atoms with Crippen LogP contribution in [0, 0.1) is 10.8 Å². The molecule has 5 rings (SSSR count). The van der Waals surface area contributed by atoms with Crippen LogP contribution in [0.5, 0.6) is 5.75 Å². The first-order chi connectivity index (χ1) is 16.0. The SMILES string of the molecule is CC/C(=C\F)COc1ccc(C23CCC(C(=O)NCC4(CO)CCOCC4)(CC2)CC3)cc1. The Morgan fingerprint density at radius 3 is 2.27 bits per heavy atom. The van der Waals surface area contributed by atoms with Gasteiger partial charge in [0.1, 0.15) is 12.4 Å². The lowest BCUT2D eigenvalue weighted by Crippen LogP contribution is -2.54. The molecule has 2 bridgehead atoms. The second-order valence-electron chi connectivity index (χ2n) is 10.4. The van der Waals surface area contributed by atoms with Gasteiger partial charge in [-0.3, -0.25) is 4.79 Å². The lowest BCUT2D eigenvalue weighted by Gasteiger charge is -2.53. The van der Waals surface area contributed by atoms with E-state index in [1.54, 1.807) is 0 Å². The van der Waals surface area contributed by atoms with Gasteiger partial charge in [0.15, 0.2) is 0 Å². The van der Waals surface area contributed by atoms with Gasteiger partial charge in [-0.25, -0.2) is 4.39 Å². The number of halogens is 1. The molecule has 4 fully saturated rings. The van der Waals surface area contributed by atoms with Crippen molar-refractivity contribution in [1.82, 2.24) is 5.32 Å². The predicted octanol–water partition coefficient (Wildman–Crippen LogP) is 4.83. The first-order valence-electron chi connectivity index (χ1n) is 12.5. The van der Waals surface area contributed by atoms with Crippen molar-refractivity contribution >= 4 is 5.91 Å². The summed E-state index contributed by atoms with van der Waals surface area (Å²) < 4.78 is 23.9. The minimum absolute atomic E-state index is 0.0935. The molecule has 2 N–H and O–H groups in total. The average Bonchev–Trinajstić information content (AvgIpc) is 2.90. The van der Waals surface area contributed by atoms with E-state index in [4.69, 9.17) is 9.47 Å². The summed E-state index contributed by atoms with van der Waals surface area (Å²) in [5, 5.41) is 13.1.